The Bertz CT molecular complexity index is 465. The lowest BCUT2D eigenvalue weighted by molar-refractivity contribution is 0.00654. The van der Waals surface area contributed by atoms with Gasteiger partial charge in [0, 0.05) is 6.20 Å². The van der Waals surface area contributed by atoms with Crippen molar-refractivity contribution in [3.63, 3.8) is 0 Å². The van der Waals surface area contributed by atoms with Crippen molar-refractivity contribution in [2.45, 2.75) is 26.4 Å². The van der Waals surface area contributed by atoms with Gasteiger partial charge in [0.1, 0.15) is 10.8 Å². The van der Waals surface area contributed by atoms with Crippen molar-refractivity contribution in [1.29, 1.82) is 0 Å². The van der Waals surface area contributed by atoms with Gasteiger partial charge in [-0.1, -0.05) is 11.6 Å². The summed E-state index contributed by atoms with van der Waals surface area (Å²) < 4.78 is 5.07. The first-order chi connectivity index (χ1) is 7.70. The van der Waals surface area contributed by atoms with Gasteiger partial charge in [0.25, 0.3) is 0 Å². The van der Waals surface area contributed by atoms with E-state index in [-0.39, 0.29) is 16.3 Å². The molecule has 0 saturated carbocycles. The van der Waals surface area contributed by atoms with Crippen molar-refractivity contribution >= 4 is 23.5 Å². The summed E-state index contributed by atoms with van der Waals surface area (Å²) >= 11 is 5.57. The normalized spacial score (nSPS) is 11.1. The maximum Gasteiger partial charge on any atom is 0.341 e. The summed E-state index contributed by atoms with van der Waals surface area (Å²) in [5.41, 5.74) is -1.04. The van der Waals surface area contributed by atoms with Crippen LogP contribution in [-0.4, -0.2) is 27.6 Å². The molecule has 0 spiro atoms. The van der Waals surface area contributed by atoms with Crippen LogP contribution in [0.1, 0.15) is 41.5 Å². The number of carbonyl (C=O) groups excluding carboxylic acids is 1. The number of hydrogen-bond acceptors (Lipinski definition) is 4. The Labute approximate surface area is 103 Å². The van der Waals surface area contributed by atoms with Crippen LogP contribution in [0.3, 0.4) is 0 Å². The van der Waals surface area contributed by atoms with E-state index < -0.39 is 17.5 Å². The van der Waals surface area contributed by atoms with Crippen LogP contribution in [-0.2, 0) is 4.74 Å². The number of carbonyl (C=O) groups is 2. The first kappa shape index (κ1) is 13.4. The molecule has 1 aromatic heterocycles. The number of pyridine rings is 1. The van der Waals surface area contributed by atoms with Crippen molar-refractivity contribution in [3.8, 4) is 0 Å². The molecule has 92 valence electrons. The number of halogens is 1. The van der Waals surface area contributed by atoms with Crippen molar-refractivity contribution in [2.24, 2.45) is 0 Å². The lowest BCUT2D eigenvalue weighted by atomic mass is 10.1. The fourth-order valence-electron chi connectivity index (χ4n) is 1.10. The summed E-state index contributed by atoms with van der Waals surface area (Å²) in [5, 5.41) is 8.95. The number of aromatic carboxylic acids is 1. The monoisotopic (exact) mass is 257 g/mol. The molecule has 17 heavy (non-hydrogen) atoms. The Kier molecular flexibility index (Phi) is 3.72. The molecule has 5 nitrogen and oxygen atoms in total. The molecule has 0 unspecified atom stereocenters. The lowest BCUT2D eigenvalue weighted by Gasteiger charge is -2.19. The smallest absolute Gasteiger partial charge is 0.341 e. The van der Waals surface area contributed by atoms with E-state index >= 15 is 0 Å². The Morgan fingerprint density at radius 3 is 2.41 bits per heavy atom. The quantitative estimate of drug-likeness (QED) is 0.650. The van der Waals surface area contributed by atoms with E-state index in [1.807, 2.05) is 0 Å². The van der Waals surface area contributed by atoms with E-state index in [0.29, 0.717) is 0 Å². The van der Waals surface area contributed by atoms with Crippen molar-refractivity contribution < 1.29 is 19.4 Å². The van der Waals surface area contributed by atoms with Gasteiger partial charge in [-0.25, -0.2) is 14.6 Å². The van der Waals surface area contributed by atoms with Crippen LogP contribution in [0, 0.1) is 0 Å². The highest BCUT2D eigenvalue weighted by atomic mass is 35.5. The summed E-state index contributed by atoms with van der Waals surface area (Å²) in [6, 6.07) is 1.11. The predicted molar refractivity (Wildman–Crippen MR) is 61.4 cm³/mol. The van der Waals surface area contributed by atoms with Gasteiger partial charge in [0.05, 0.1) is 11.1 Å². The van der Waals surface area contributed by atoms with Gasteiger partial charge in [-0.2, -0.15) is 0 Å². The second-order valence-electron chi connectivity index (χ2n) is 4.36. The second-order valence-corrected chi connectivity index (χ2v) is 4.75. The molecular formula is C11H12ClNO4. The Balaban J connectivity index is 3.14. The van der Waals surface area contributed by atoms with E-state index in [1.54, 1.807) is 20.8 Å². The minimum atomic E-state index is -1.25. The maximum absolute atomic E-state index is 11.7. The molecule has 0 saturated heterocycles. The van der Waals surface area contributed by atoms with Gasteiger partial charge in [-0.05, 0) is 26.8 Å². The van der Waals surface area contributed by atoms with Crippen LogP contribution in [0.4, 0.5) is 0 Å². The van der Waals surface area contributed by atoms with E-state index in [0.717, 1.165) is 12.3 Å². The number of ether oxygens (including phenoxy) is 1. The molecule has 0 bridgehead atoms. The molecule has 1 rings (SSSR count). The summed E-state index contributed by atoms with van der Waals surface area (Å²) in [6.07, 6.45) is 1.10. The zero-order valence-electron chi connectivity index (χ0n) is 9.65. The number of hydrogen-bond donors (Lipinski definition) is 1. The molecule has 0 atom stereocenters. The highest BCUT2D eigenvalue weighted by Gasteiger charge is 2.23. The average molecular weight is 258 g/mol. The molecule has 0 fully saturated rings. The number of esters is 1. The third kappa shape index (κ3) is 3.71. The minimum Gasteiger partial charge on any atom is -0.478 e. The molecular weight excluding hydrogens is 246 g/mol. The van der Waals surface area contributed by atoms with Crippen LogP contribution >= 0.6 is 11.6 Å². The Morgan fingerprint density at radius 1 is 1.35 bits per heavy atom. The minimum absolute atomic E-state index is 0.00899. The van der Waals surface area contributed by atoms with Gasteiger partial charge in [0.15, 0.2) is 0 Å². The third-order valence-electron chi connectivity index (χ3n) is 1.72. The first-order valence-electron chi connectivity index (χ1n) is 4.83. The van der Waals surface area contributed by atoms with E-state index in [1.165, 1.54) is 0 Å². The largest absolute Gasteiger partial charge is 0.478 e. The van der Waals surface area contributed by atoms with E-state index in [9.17, 15) is 9.59 Å². The standard InChI is InChI=1S/C11H12ClNO4/c1-11(2,3)17-10(16)7-5-13-8(12)4-6(7)9(14)15/h4-5H,1-3H3,(H,14,15). The summed E-state index contributed by atoms with van der Waals surface area (Å²) in [7, 11) is 0. The number of aromatic nitrogens is 1. The first-order valence-corrected chi connectivity index (χ1v) is 5.20. The molecule has 0 aliphatic heterocycles. The molecule has 1 heterocycles. The molecule has 0 amide bonds. The van der Waals surface area contributed by atoms with Crippen molar-refractivity contribution in [3.05, 3.63) is 28.5 Å². The fourth-order valence-corrected chi connectivity index (χ4v) is 1.26. The van der Waals surface area contributed by atoms with Crippen molar-refractivity contribution in [2.75, 3.05) is 0 Å². The van der Waals surface area contributed by atoms with Gasteiger partial charge in [-0.3, -0.25) is 0 Å². The topological polar surface area (TPSA) is 76.5 Å². The summed E-state index contributed by atoms with van der Waals surface area (Å²) in [5.74, 6) is -1.99. The van der Waals surface area contributed by atoms with Crippen LogP contribution in [0.2, 0.25) is 5.15 Å². The van der Waals surface area contributed by atoms with Crippen LogP contribution in [0.5, 0.6) is 0 Å². The highest BCUT2D eigenvalue weighted by molar-refractivity contribution is 6.29. The number of rotatable bonds is 2. The van der Waals surface area contributed by atoms with Crippen LogP contribution < -0.4 is 0 Å². The average Bonchev–Trinajstić information content (AvgIpc) is 2.14. The van der Waals surface area contributed by atoms with Gasteiger partial charge >= 0.3 is 11.9 Å². The Morgan fingerprint density at radius 2 is 1.94 bits per heavy atom. The molecule has 6 heteroatoms. The molecule has 1 N–H and O–H groups in total. The summed E-state index contributed by atoms with van der Waals surface area (Å²) in [4.78, 5) is 26.4. The van der Waals surface area contributed by atoms with Crippen LogP contribution in [0.15, 0.2) is 12.3 Å². The third-order valence-corrected chi connectivity index (χ3v) is 1.93. The zero-order valence-corrected chi connectivity index (χ0v) is 10.4. The molecule has 1 aromatic rings. The second kappa shape index (κ2) is 4.71. The zero-order chi connectivity index (χ0) is 13.2. The van der Waals surface area contributed by atoms with Crippen molar-refractivity contribution in [1.82, 2.24) is 4.98 Å². The van der Waals surface area contributed by atoms with E-state index in [2.05, 4.69) is 4.98 Å². The molecule has 0 aliphatic rings. The summed E-state index contributed by atoms with van der Waals surface area (Å²) in [6.45, 7) is 5.07. The van der Waals surface area contributed by atoms with E-state index in [4.69, 9.17) is 21.4 Å². The molecule has 0 radical (unpaired) electrons. The Hall–Kier alpha value is -1.62. The van der Waals surface area contributed by atoms with Gasteiger partial charge in [-0.15, -0.1) is 0 Å². The van der Waals surface area contributed by atoms with Gasteiger partial charge in [0.2, 0.25) is 0 Å². The van der Waals surface area contributed by atoms with Crippen LogP contribution in [0.25, 0.3) is 0 Å². The lowest BCUT2D eigenvalue weighted by Crippen LogP contribution is -2.25. The van der Waals surface area contributed by atoms with Gasteiger partial charge < -0.3 is 9.84 Å². The maximum atomic E-state index is 11.7. The number of carboxylic acids is 1. The SMILES string of the molecule is CC(C)(C)OC(=O)c1cnc(Cl)cc1C(=O)O. The molecule has 0 aliphatic carbocycles. The predicted octanol–water partition coefficient (Wildman–Crippen LogP) is 2.39. The number of carboxylic acid groups (broad SMARTS) is 1. The number of nitrogens with zero attached hydrogens (tertiary/aromatic N) is 1. The molecule has 0 aromatic carbocycles. The highest BCUT2D eigenvalue weighted by Crippen LogP contribution is 2.17. The fraction of sp³-hybridized carbons (Fsp3) is 0.364.